The van der Waals surface area contributed by atoms with E-state index in [-0.39, 0.29) is 0 Å². The maximum absolute atomic E-state index is 13.0. The molecule has 0 aromatic heterocycles. The van der Waals surface area contributed by atoms with E-state index in [1.807, 2.05) is 48.5 Å². The topological polar surface area (TPSA) is 86.5 Å². The summed E-state index contributed by atoms with van der Waals surface area (Å²) in [6, 6.07) is 15.5. The van der Waals surface area contributed by atoms with Crippen LogP contribution in [0.5, 0.6) is 5.75 Å². The highest BCUT2D eigenvalue weighted by atomic mass is 16.7. The van der Waals surface area contributed by atoms with E-state index in [2.05, 4.69) is 10.1 Å². The highest BCUT2D eigenvalue weighted by Gasteiger charge is 2.62. The number of hydrogen-bond donors (Lipinski definition) is 0. The number of nitrogens with zero attached hydrogens (tertiary/aromatic N) is 2. The molecule has 0 saturated carbocycles. The van der Waals surface area contributed by atoms with Crippen molar-refractivity contribution in [2.75, 3.05) is 14.2 Å². The summed E-state index contributed by atoms with van der Waals surface area (Å²) in [4.78, 5) is 35.0. The van der Waals surface area contributed by atoms with Crippen molar-refractivity contribution >= 4 is 23.9 Å². The highest BCUT2D eigenvalue weighted by molar-refractivity contribution is 6.29. The molecule has 7 nitrogen and oxygen atoms in total. The van der Waals surface area contributed by atoms with Crippen LogP contribution in [-0.2, 0) is 19.2 Å². The Kier molecular flexibility index (Phi) is 4.43. The summed E-state index contributed by atoms with van der Waals surface area (Å²) >= 11 is 0. The Morgan fingerprint density at radius 1 is 1.07 bits per heavy atom. The van der Waals surface area contributed by atoms with Crippen molar-refractivity contribution in [2.45, 2.75) is 12.0 Å². The Hall–Kier alpha value is -3.48. The van der Waals surface area contributed by atoms with Crippen molar-refractivity contribution < 1.29 is 23.9 Å². The van der Waals surface area contributed by atoms with Crippen LogP contribution in [0.25, 0.3) is 0 Å². The van der Waals surface area contributed by atoms with E-state index in [9.17, 15) is 9.59 Å². The van der Waals surface area contributed by atoms with Gasteiger partial charge in [-0.25, -0.2) is 9.59 Å². The van der Waals surface area contributed by atoms with Gasteiger partial charge in [0.25, 0.3) is 0 Å². The van der Waals surface area contributed by atoms with Crippen LogP contribution in [0.2, 0.25) is 0 Å². The van der Waals surface area contributed by atoms with E-state index >= 15 is 0 Å². The molecule has 2 heterocycles. The molecule has 2 aromatic carbocycles. The molecule has 3 atom stereocenters. The van der Waals surface area contributed by atoms with Crippen molar-refractivity contribution in [1.29, 1.82) is 0 Å². The van der Waals surface area contributed by atoms with E-state index in [4.69, 9.17) is 14.3 Å². The Morgan fingerprint density at radius 2 is 1.79 bits per heavy atom. The molecule has 0 amide bonds. The number of esters is 1. The molecule has 2 aliphatic rings. The number of carbonyl (C=O) groups is 2. The third kappa shape index (κ3) is 2.51. The van der Waals surface area contributed by atoms with Gasteiger partial charge < -0.3 is 14.3 Å². The molecule has 0 radical (unpaired) electrons. The van der Waals surface area contributed by atoms with Crippen molar-refractivity contribution in [1.82, 2.24) is 0 Å². The molecule has 0 fully saturated rings. The van der Waals surface area contributed by atoms with Gasteiger partial charge in [0, 0.05) is 23.3 Å². The molecule has 0 saturated heterocycles. The summed E-state index contributed by atoms with van der Waals surface area (Å²) in [5.74, 6) is -1.31. The molecule has 4 rings (SSSR count). The number of oxime groups is 1. The normalized spacial score (nSPS) is 25.5. The van der Waals surface area contributed by atoms with E-state index < -0.39 is 29.3 Å². The predicted octanol–water partition coefficient (Wildman–Crippen LogP) is 2.35. The molecule has 142 valence electrons. The smallest absolute Gasteiger partial charge is 0.353 e. The lowest BCUT2D eigenvalue weighted by molar-refractivity contribution is -0.147. The molecule has 28 heavy (non-hydrogen) atoms. The first kappa shape index (κ1) is 17.9. The summed E-state index contributed by atoms with van der Waals surface area (Å²) in [7, 11) is 2.83. The lowest BCUT2D eigenvalue weighted by Gasteiger charge is -2.30. The van der Waals surface area contributed by atoms with Crippen molar-refractivity contribution in [3.05, 3.63) is 65.7 Å². The summed E-state index contributed by atoms with van der Waals surface area (Å²) in [5.41, 5.74) is 0.421. The minimum atomic E-state index is -1.35. The van der Waals surface area contributed by atoms with Gasteiger partial charge in [-0.1, -0.05) is 53.7 Å². The lowest BCUT2D eigenvalue weighted by Crippen LogP contribution is -2.45. The average Bonchev–Trinajstić information content (AvgIpc) is 3.30. The van der Waals surface area contributed by atoms with Gasteiger partial charge in [0.15, 0.2) is 11.5 Å². The second kappa shape index (κ2) is 6.92. The number of ether oxygens (including phenoxy) is 2. The van der Waals surface area contributed by atoms with Gasteiger partial charge in [-0.05, 0) is 6.07 Å². The Labute approximate surface area is 161 Å². The first-order valence-corrected chi connectivity index (χ1v) is 8.74. The van der Waals surface area contributed by atoms with Crippen LogP contribution in [0.4, 0.5) is 0 Å². The standard InChI is InChI=1S/C21H18N2O5/c1-26-15-11-7-6-10-14(15)16-17(19(24)27-2)22-12-21(16)18(23-28-20(21)25)13-8-4-3-5-9-13/h3-12,16-17H,1-2H3/t16-,17+,21+/m0/s1. The molecule has 0 N–H and O–H groups in total. The van der Waals surface area contributed by atoms with Gasteiger partial charge in [0.2, 0.25) is 0 Å². The van der Waals surface area contributed by atoms with Crippen LogP contribution >= 0.6 is 0 Å². The van der Waals surface area contributed by atoms with Crippen LogP contribution < -0.4 is 4.74 Å². The first-order valence-electron chi connectivity index (χ1n) is 8.74. The average molecular weight is 378 g/mol. The Bertz CT molecular complexity index is 985. The molecule has 0 bridgehead atoms. The van der Waals surface area contributed by atoms with Gasteiger partial charge >= 0.3 is 11.9 Å². The molecule has 1 spiro atoms. The summed E-state index contributed by atoms with van der Waals surface area (Å²) in [6.07, 6.45) is 1.47. The Balaban J connectivity index is 1.93. The van der Waals surface area contributed by atoms with Crippen LogP contribution in [0.15, 0.2) is 64.7 Å². The fraction of sp³-hybridized carbons (Fsp3) is 0.238. The quantitative estimate of drug-likeness (QED) is 0.602. The molecule has 0 aliphatic carbocycles. The minimum absolute atomic E-state index is 0.407. The predicted molar refractivity (Wildman–Crippen MR) is 102 cm³/mol. The zero-order valence-electron chi connectivity index (χ0n) is 15.4. The van der Waals surface area contributed by atoms with Crippen LogP contribution in [0.1, 0.15) is 17.0 Å². The molecule has 7 heteroatoms. The number of methoxy groups -OCH3 is 2. The van der Waals surface area contributed by atoms with Crippen molar-refractivity contribution in [2.24, 2.45) is 15.6 Å². The maximum atomic E-state index is 13.0. The van der Waals surface area contributed by atoms with E-state index in [1.165, 1.54) is 20.4 Å². The fourth-order valence-corrected chi connectivity index (χ4v) is 3.88. The van der Waals surface area contributed by atoms with E-state index in [0.29, 0.717) is 22.6 Å². The third-order valence-electron chi connectivity index (χ3n) is 5.16. The summed E-state index contributed by atoms with van der Waals surface area (Å²) in [6.45, 7) is 0. The van der Waals surface area contributed by atoms with Crippen LogP contribution in [0, 0.1) is 5.41 Å². The van der Waals surface area contributed by atoms with Crippen LogP contribution in [-0.4, -0.2) is 44.1 Å². The van der Waals surface area contributed by atoms with Gasteiger partial charge in [-0.3, -0.25) is 4.99 Å². The molecule has 2 aliphatic heterocycles. The molecular weight excluding hydrogens is 360 g/mol. The number of benzene rings is 2. The molecule has 2 aromatic rings. The number of para-hydroxylation sites is 1. The van der Waals surface area contributed by atoms with E-state index in [1.54, 1.807) is 6.07 Å². The third-order valence-corrected chi connectivity index (χ3v) is 5.16. The number of rotatable bonds is 4. The van der Waals surface area contributed by atoms with Crippen molar-refractivity contribution in [3.8, 4) is 5.75 Å². The van der Waals surface area contributed by atoms with Gasteiger partial charge in [-0.2, -0.15) is 0 Å². The van der Waals surface area contributed by atoms with Gasteiger partial charge in [0.05, 0.1) is 14.2 Å². The number of carbonyl (C=O) groups excluding carboxylic acids is 2. The summed E-state index contributed by atoms with van der Waals surface area (Å²) < 4.78 is 10.5. The largest absolute Gasteiger partial charge is 0.496 e. The first-order chi connectivity index (χ1) is 13.6. The summed E-state index contributed by atoms with van der Waals surface area (Å²) in [5, 5.41) is 4.06. The van der Waals surface area contributed by atoms with Crippen molar-refractivity contribution in [3.63, 3.8) is 0 Å². The monoisotopic (exact) mass is 378 g/mol. The highest BCUT2D eigenvalue weighted by Crippen LogP contribution is 2.51. The Morgan fingerprint density at radius 3 is 2.50 bits per heavy atom. The van der Waals surface area contributed by atoms with Gasteiger partial charge in [0.1, 0.15) is 11.5 Å². The van der Waals surface area contributed by atoms with Crippen LogP contribution in [0.3, 0.4) is 0 Å². The molecule has 0 unspecified atom stereocenters. The SMILES string of the molecule is COC(=O)[C@@H]1N=C[C@@]2(C(=O)ON=C2c2ccccc2)[C@H]1c1ccccc1OC. The lowest BCUT2D eigenvalue weighted by atomic mass is 9.67. The number of hydrogen-bond acceptors (Lipinski definition) is 7. The second-order valence-corrected chi connectivity index (χ2v) is 6.52. The fourth-order valence-electron chi connectivity index (χ4n) is 3.88. The zero-order valence-corrected chi connectivity index (χ0v) is 15.4. The second-order valence-electron chi connectivity index (χ2n) is 6.52. The van der Waals surface area contributed by atoms with Gasteiger partial charge in [-0.15, -0.1) is 0 Å². The van der Waals surface area contributed by atoms with E-state index in [0.717, 1.165) is 0 Å². The molecular formula is C21H18N2O5. The number of aliphatic imine (C=N–C) groups is 1. The zero-order chi connectivity index (χ0) is 19.7. The minimum Gasteiger partial charge on any atom is -0.496 e. The maximum Gasteiger partial charge on any atom is 0.353 e.